The summed E-state index contributed by atoms with van der Waals surface area (Å²) in [6.45, 7) is 5.53. The van der Waals surface area contributed by atoms with Crippen LogP contribution < -0.4 is 21.3 Å². The van der Waals surface area contributed by atoms with Crippen molar-refractivity contribution in [2.24, 2.45) is 0 Å². The Morgan fingerprint density at radius 2 is 1.60 bits per heavy atom. The summed E-state index contributed by atoms with van der Waals surface area (Å²) in [5.74, 6) is -3.96. The van der Waals surface area contributed by atoms with E-state index in [-0.39, 0.29) is 28.9 Å². The lowest BCUT2D eigenvalue weighted by Gasteiger charge is -2.42. The molecule has 5 amide bonds. The number of piperazine rings is 1. The SMILES string of the molecule is CN1CCN(C2CCN(C(=O)Nc3ccc(C[C@H](NC(=O)C(=O)Nc4cc(Cl)ccc4-n4cnnn4)C(=O)Nc4ccc5[nH]c(C(=O)O)cc5c4)cc3)CC2)CC1. The Bertz CT molecular complexity index is 2270. The quantitative estimate of drug-likeness (QED) is 0.113. The molecule has 296 valence electrons. The van der Waals surface area contributed by atoms with Gasteiger partial charge in [-0.15, -0.1) is 5.10 Å². The molecule has 19 heteroatoms. The molecule has 4 heterocycles. The highest BCUT2D eigenvalue weighted by molar-refractivity contribution is 6.40. The fourth-order valence-corrected chi connectivity index (χ4v) is 7.20. The third kappa shape index (κ3) is 9.54. The Labute approximate surface area is 331 Å². The molecular formula is C38H41ClN12O6. The molecule has 2 saturated heterocycles. The van der Waals surface area contributed by atoms with Gasteiger partial charge in [0.2, 0.25) is 5.91 Å². The van der Waals surface area contributed by atoms with Crippen molar-refractivity contribution in [3.05, 3.63) is 89.3 Å². The molecule has 6 N–H and O–H groups in total. The zero-order chi connectivity index (χ0) is 40.1. The van der Waals surface area contributed by atoms with Crippen molar-refractivity contribution in [2.75, 3.05) is 62.3 Å². The first-order chi connectivity index (χ1) is 27.5. The van der Waals surface area contributed by atoms with Crippen molar-refractivity contribution in [2.45, 2.75) is 31.3 Å². The van der Waals surface area contributed by atoms with E-state index in [1.807, 2.05) is 4.90 Å². The van der Waals surface area contributed by atoms with E-state index in [0.717, 1.165) is 39.0 Å². The number of nitrogens with zero attached hydrogens (tertiary/aromatic N) is 7. The van der Waals surface area contributed by atoms with Gasteiger partial charge in [-0.25, -0.2) is 9.59 Å². The summed E-state index contributed by atoms with van der Waals surface area (Å²) in [6.07, 6.45) is 3.12. The minimum atomic E-state index is -1.25. The Morgan fingerprint density at radius 1 is 0.860 bits per heavy atom. The van der Waals surface area contributed by atoms with Gasteiger partial charge in [-0.2, -0.15) is 4.68 Å². The standard InChI is InChI=1S/C38H41ClN12O6/c1-48-14-16-49(17-15-48)28-10-12-50(13-11-28)38(57)42-26-5-2-23(3-6-26)18-31(34(52)41-27-7-8-29-24(19-27)20-32(43-29)37(55)56)45-36(54)35(53)44-30-21-25(39)4-9-33(30)51-22-40-46-47-51/h2-9,19-22,28,31,43H,10-18H2,1H3,(H,41,52)(H,42,57)(H,44,53)(H,45,54)(H,55,56)/t31-/m0/s1. The number of carboxylic acids is 1. The van der Waals surface area contributed by atoms with Gasteiger partial charge in [-0.1, -0.05) is 23.7 Å². The molecule has 0 bridgehead atoms. The van der Waals surface area contributed by atoms with Crippen LogP contribution in [0.5, 0.6) is 0 Å². The summed E-state index contributed by atoms with van der Waals surface area (Å²) in [7, 11) is 2.14. The number of likely N-dealkylation sites (tertiary alicyclic amines) is 1. The summed E-state index contributed by atoms with van der Waals surface area (Å²) in [5, 5.41) is 32.0. The fourth-order valence-electron chi connectivity index (χ4n) is 7.03. The van der Waals surface area contributed by atoms with Crippen molar-refractivity contribution in [1.82, 2.24) is 45.2 Å². The zero-order valence-corrected chi connectivity index (χ0v) is 31.7. The van der Waals surface area contributed by atoms with Crippen LogP contribution in [0.2, 0.25) is 5.02 Å². The number of amides is 5. The van der Waals surface area contributed by atoms with E-state index in [1.165, 1.54) is 23.1 Å². The number of carbonyl (C=O) groups excluding carboxylic acids is 4. The average molecular weight is 797 g/mol. The normalized spacial score (nSPS) is 15.9. The molecule has 2 aromatic heterocycles. The molecule has 0 unspecified atom stereocenters. The van der Waals surface area contributed by atoms with Crippen molar-refractivity contribution in [1.29, 1.82) is 0 Å². The number of carboxylic acid groups (broad SMARTS) is 1. The molecule has 0 aliphatic carbocycles. The smallest absolute Gasteiger partial charge is 0.352 e. The van der Waals surface area contributed by atoms with Gasteiger partial charge in [0.15, 0.2) is 0 Å². The van der Waals surface area contributed by atoms with Crippen LogP contribution in [0.15, 0.2) is 73.1 Å². The number of anilines is 3. The number of likely N-dealkylation sites (N-methyl/N-ethyl adjacent to an activating group) is 1. The van der Waals surface area contributed by atoms with Crippen molar-refractivity contribution >= 4 is 69.3 Å². The van der Waals surface area contributed by atoms with Gasteiger partial charge < -0.3 is 41.2 Å². The molecule has 3 aromatic carbocycles. The van der Waals surface area contributed by atoms with Crippen LogP contribution in [0.25, 0.3) is 16.6 Å². The van der Waals surface area contributed by atoms with Gasteiger partial charge in [-0.3, -0.25) is 19.3 Å². The molecule has 7 rings (SSSR count). The number of halogens is 1. The van der Waals surface area contributed by atoms with Gasteiger partial charge in [0.25, 0.3) is 0 Å². The first kappa shape index (κ1) is 38.9. The Balaban J connectivity index is 1.02. The largest absolute Gasteiger partial charge is 0.477 e. The van der Waals surface area contributed by atoms with Crippen molar-refractivity contribution in [3.63, 3.8) is 0 Å². The van der Waals surface area contributed by atoms with Crippen LogP contribution >= 0.6 is 11.6 Å². The van der Waals surface area contributed by atoms with Crippen LogP contribution in [0.1, 0.15) is 28.9 Å². The minimum absolute atomic E-state index is 0.0157. The number of hydrogen-bond acceptors (Lipinski definition) is 10. The van der Waals surface area contributed by atoms with E-state index in [2.05, 4.69) is 58.6 Å². The number of aromatic amines is 1. The third-order valence-corrected chi connectivity index (χ3v) is 10.4. The molecule has 0 spiro atoms. The molecular weight excluding hydrogens is 756 g/mol. The second-order valence-corrected chi connectivity index (χ2v) is 14.5. The summed E-state index contributed by atoms with van der Waals surface area (Å²) in [4.78, 5) is 74.5. The van der Waals surface area contributed by atoms with Crippen molar-refractivity contribution < 1.29 is 29.1 Å². The Hall–Kier alpha value is -6.37. The van der Waals surface area contributed by atoms with Crippen molar-refractivity contribution in [3.8, 4) is 5.69 Å². The number of rotatable bonds is 10. The first-order valence-corrected chi connectivity index (χ1v) is 18.8. The van der Waals surface area contributed by atoms with Crippen LogP contribution in [-0.4, -0.2) is 133 Å². The van der Waals surface area contributed by atoms with E-state index in [1.54, 1.807) is 54.6 Å². The number of tetrazole rings is 1. The monoisotopic (exact) mass is 796 g/mol. The predicted octanol–water partition coefficient (Wildman–Crippen LogP) is 3.04. The van der Waals surface area contributed by atoms with E-state index >= 15 is 0 Å². The lowest BCUT2D eigenvalue weighted by molar-refractivity contribution is -0.137. The maximum Gasteiger partial charge on any atom is 0.352 e. The number of H-pyrrole nitrogens is 1. The molecule has 2 aliphatic rings. The zero-order valence-electron chi connectivity index (χ0n) is 30.9. The molecule has 2 fully saturated rings. The van der Waals surface area contributed by atoms with Gasteiger partial charge in [0.1, 0.15) is 18.1 Å². The summed E-state index contributed by atoms with van der Waals surface area (Å²) in [6, 6.07) is 16.7. The predicted molar refractivity (Wildman–Crippen MR) is 211 cm³/mol. The lowest BCUT2D eigenvalue weighted by Crippen LogP contribution is -2.53. The van der Waals surface area contributed by atoms with E-state index in [9.17, 15) is 29.1 Å². The van der Waals surface area contributed by atoms with Crippen LogP contribution in [0, 0.1) is 0 Å². The van der Waals surface area contributed by atoms with Gasteiger partial charge in [0, 0.05) is 79.0 Å². The second-order valence-electron chi connectivity index (χ2n) is 14.1. The Kier molecular flexibility index (Phi) is 11.7. The molecule has 57 heavy (non-hydrogen) atoms. The highest BCUT2D eigenvalue weighted by atomic mass is 35.5. The molecule has 18 nitrogen and oxygen atoms in total. The molecule has 0 radical (unpaired) electrons. The number of nitrogens with one attached hydrogen (secondary N) is 5. The van der Waals surface area contributed by atoms with E-state index in [4.69, 9.17) is 11.6 Å². The van der Waals surface area contributed by atoms with Gasteiger partial charge in [-0.05, 0) is 90.5 Å². The average Bonchev–Trinajstić information content (AvgIpc) is 3.90. The van der Waals surface area contributed by atoms with Crippen LogP contribution in [0.4, 0.5) is 21.9 Å². The highest BCUT2D eigenvalue weighted by Crippen LogP contribution is 2.25. The second kappa shape index (κ2) is 17.2. The Morgan fingerprint density at radius 3 is 2.30 bits per heavy atom. The number of carbonyl (C=O) groups is 5. The maximum absolute atomic E-state index is 13.8. The number of fused-ring (bicyclic) bond motifs is 1. The van der Waals surface area contributed by atoms with Gasteiger partial charge >= 0.3 is 23.8 Å². The molecule has 0 saturated carbocycles. The minimum Gasteiger partial charge on any atom is -0.477 e. The number of aromatic nitrogens is 5. The van der Waals surface area contributed by atoms with Crippen LogP contribution in [-0.2, 0) is 20.8 Å². The number of urea groups is 1. The molecule has 5 aromatic rings. The lowest BCUT2D eigenvalue weighted by atomic mass is 10.0. The number of aromatic carboxylic acids is 1. The fraction of sp³-hybridized carbons (Fsp3) is 0.316. The molecule has 1 atom stereocenters. The van der Waals surface area contributed by atoms with E-state index in [0.29, 0.717) is 52.7 Å². The van der Waals surface area contributed by atoms with Gasteiger partial charge in [0.05, 0.1) is 11.4 Å². The summed E-state index contributed by atoms with van der Waals surface area (Å²) < 4.78 is 1.28. The number of hydrogen-bond donors (Lipinski definition) is 6. The summed E-state index contributed by atoms with van der Waals surface area (Å²) >= 11 is 6.18. The number of benzene rings is 3. The third-order valence-electron chi connectivity index (χ3n) is 10.2. The van der Waals surface area contributed by atoms with Crippen LogP contribution in [0.3, 0.4) is 0 Å². The maximum atomic E-state index is 13.8. The summed E-state index contributed by atoms with van der Waals surface area (Å²) in [5.41, 5.74) is 2.55. The highest BCUT2D eigenvalue weighted by Gasteiger charge is 2.29. The topological polar surface area (TPSA) is 223 Å². The molecule has 2 aliphatic heterocycles. The van der Waals surface area contributed by atoms with E-state index < -0.39 is 29.7 Å². The number of piperidine rings is 1. The first-order valence-electron chi connectivity index (χ1n) is 18.4.